The monoisotopic (exact) mass is 429 g/mol. The summed E-state index contributed by atoms with van der Waals surface area (Å²) in [6.45, 7) is 0.139. The lowest BCUT2D eigenvalue weighted by Gasteiger charge is -2.17. The zero-order valence-corrected chi connectivity index (χ0v) is 15.2. The number of nitrogens with zero attached hydrogens (tertiary/aromatic N) is 3. The zero-order chi connectivity index (χ0) is 18.0. The van der Waals surface area contributed by atoms with Crippen LogP contribution in [0.1, 0.15) is 6.42 Å². The van der Waals surface area contributed by atoms with Gasteiger partial charge < -0.3 is 9.64 Å². The van der Waals surface area contributed by atoms with Crippen molar-refractivity contribution in [2.45, 2.75) is 6.42 Å². The second-order valence-corrected chi connectivity index (χ2v) is 7.89. The van der Waals surface area contributed by atoms with Gasteiger partial charge in [-0.3, -0.25) is 4.79 Å². The Morgan fingerprint density at radius 3 is 2.72 bits per heavy atom. The fourth-order valence-corrected chi connectivity index (χ4v) is 3.59. The molecule has 7 nitrogen and oxygen atoms in total. The SMILES string of the molecule is O=C1CC(CS(=O)(=O)F)CN1c1cccc(Oc2ncc(Br)cn2)c1. The standard InChI is InChI=1S/C15H13BrFN3O4S/c16-11-6-18-15(19-7-11)24-13-3-1-2-12(5-13)20-8-10(4-14(20)21)9-25(17,22)23/h1-3,5-7,10H,4,8-9H2. The molecule has 132 valence electrons. The van der Waals surface area contributed by atoms with Gasteiger partial charge in [-0.15, -0.1) is 3.89 Å². The van der Waals surface area contributed by atoms with Crippen LogP contribution in [0, 0.1) is 5.92 Å². The molecule has 2 heterocycles. The van der Waals surface area contributed by atoms with Crippen LogP contribution in [0.5, 0.6) is 11.8 Å². The van der Waals surface area contributed by atoms with Crippen molar-refractivity contribution in [3.63, 3.8) is 0 Å². The maximum absolute atomic E-state index is 12.8. The van der Waals surface area contributed by atoms with Crippen LogP contribution in [0.3, 0.4) is 0 Å². The van der Waals surface area contributed by atoms with Crippen molar-refractivity contribution in [3.05, 3.63) is 41.1 Å². The predicted octanol–water partition coefficient (Wildman–Crippen LogP) is 2.68. The summed E-state index contributed by atoms with van der Waals surface area (Å²) in [4.78, 5) is 21.5. The minimum Gasteiger partial charge on any atom is -0.424 e. The quantitative estimate of drug-likeness (QED) is 0.678. The van der Waals surface area contributed by atoms with E-state index in [1.54, 1.807) is 24.3 Å². The highest BCUT2D eigenvalue weighted by Crippen LogP contribution is 2.30. The van der Waals surface area contributed by atoms with E-state index in [4.69, 9.17) is 4.74 Å². The first-order valence-electron chi connectivity index (χ1n) is 7.28. The molecule has 1 fully saturated rings. The Morgan fingerprint density at radius 1 is 1.32 bits per heavy atom. The molecule has 3 rings (SSSR count). The zero-order valence-electron chi connectivity index (χ0n) is 12.8. The second kappa shape index (κ2) is 7.04. The molecule has 1 atom stereocenters. The van der Waals surface area contributed by atoms with Gasteiger partial charge in [0.25, 0.3) is 0 Å². The van der Waals surface area contributed by atoms with Gasteiger partial charge in [-0.1, -0.05) is 6.07 Å². The Balaban J connectivity index is 1.75. The molecule has 0 aliphatic carbocycles. The van der Waals surface area contributed by atoms with Crippen molar-refractivity contribution in [1.29, 1.82) is 0 Å². The molecule has 0 spiro atoms. The summed E-state index contributed by atoms with van der Waals surface area (Å²) < 4.78 is 40.7. The molecule has 0 saturated carbocycles. The number of hydrogen-bond donors (Lipinski definition) is 0. The van der Waals surface area contributed by atoms with Crippen LogP contribution in [0.2, 0.25) is 0 Å². The van der Waals surface area contributed by atoms with Crippen LogP contribution < -0.4 is 9.64 Å². The molecule has 1 aliphatic heterocycles. The Morgan fingerprint density at radius 2 is 2.04 bits per heavy atom. The molecule has 1 unspecified atom stereocenters. The average molecular weight is 430 g/mol. The number of rotatable bonds is 5. The van der Waals surface area contributed by atoms with E-state index in [2.05, 4.69) is 25.9 Å². The number of hydrogen-bond acceptors (Lipinski definition) is 6. The van der Waals surface area contributed by atoms with Gasteiger partial charge in [0.05, 0.1) is 10.2 Å². The summed E-state index contributed by atoms with van der Waals surface area (Å²) in [6.07, 6.45) is 3.07. The summed E-state index contributed by atoms with van der Waals surface area (Å²) in [5, 5.41) is 0. The molecule has 0 radical (unpaired) electrons. The van der Waals surface area contributed by atoms with Crippen LogP contribution in [-0.2, 0) is 15.0 Å². The van der Waals surface area contributed by atoms with E-state index in [0.717, 1.165) is 0 Å². The molecule has 10 heteroatoms. The van der Waals surface area contributed by atoms with Crippen LogP contribution in [0.4, 0.5) is 9.57 Å². The summed E-state index contributed by atoms with van der Waals surface area (Å²) in [6, 6.07) is 6.83. The highest BCUT2D eigenvalue weighted by atomic mass is 79.9. The third kappa shape index (κ3) is 4.73. The van der Waals surface area contributed by atoms with E-state index >= 15 is 0 Å². The smallest absolute Gasteiger partial charge is 0.321 e. The van der Waals surface area contributed by atoms with Crippen LogP contribution in [0.25, 0.3) is 0 Å². The minimum atomic E-state index is -4.61. The average Bonchev–Trinajstić information content (AvgIpc) is 2.88. The molecule has 0 bridgehead atoms. The van der Waals surface area contributed by atoms with Crippen LogP contribution in [-0.4, -0.2) is 36.6 Å². The minimum absolute atomic E-state index is 0.00986. The first-order chi connectivity index (χ1) is 11.8. The van der Waals surface area contributed by atoms with Crippen molar-refractivity contribution < 1.29 is 21.8 Å². The van der Waals surface area contributed by atoms with Crippen molar-refractivity contribution in [2.75, 3.05) is 17.2 Å². The number of amides is 1. The van der Waals surface area contributed by atoms with E-state index in [1.807, 2.05) is 0 Å². The van der Waals surface area contributed by atoms with Gasteiger partial charge in [-0.2, -0.15) is 8.42 Å². The fraction of sp³-hybridized carbons (Fsp3) is 0.267. The first-order valence-corrected chi connectivity index (χ1v) is 9.63. The second-order valence-electron chi connectivity index (χ2n) is 5.56. The highest BCUT2D eigenvalue weighted by Gasteiger charge is 2.33. The van der Waals surface area contributed by atoms with Gasteiger partial charge in [0.2, 0.25) is 5.91 Å². The Bertz CT molecular complexity index is 892. The summed E-state index contributed by atoms with van der Waals surface area (Å²) in [5.74, 6) is -1.06. The number of carbonyl (C=O) groups is 1. The number of carbonyl (C=O) groups excluding carboxylic acids is 1. The van der Waals surface area contributed by atoms with E-state index in [1.165, 1.54) is 17.3 Å². The topological polar surface area (TPSA) is 89.5 Å². The number of halogens is 2. The maximum atomic E-state index is 12.8. The highest BCUT2D eigenvalue weighted by molar-refractivity contribution is 9.10. The Hall–Kier alpha value is -2.07. The Labute approximate surface area is 152 Å². The summed E-state index contributed by atoms with van der Waals surface area (Å²) in [7, 11) is -4.61. The molecule has 1 saturated heterocycles. The molecule has 1 aliphatic rings. The van der Waals surface area contributed by atoms with Crippen LogP contribution >= 0.6 is 15.9 Å². The van der Waals surface area contributed by atoms with Crippen molar-refractivity contribution in [1.82, 2.24) is 9.97 Å². The van der Waals surface area contributed by atoms with Crippen molar-refractivity contribution >= 4 is 37.7 Å². The van der Waals surface area contributed by atoms with Gasteiger partial charge in [-0.25, -0.2) is 9.97 Å². The third-order valence-electron chi connectivity index (χ3n) is 3.57. The predicted molar refractivity (Wildman–Crippen MR) is 91.6 cm³/mol. The molecule has 1 aromatic heterocycles. The molecule has 0 N–H and O–H groups in total. The van der Waals surface area contributed by atoms with E-state index in [9.17, 15) is 17.1 Å². The normalized spacial score (nSPS) is 17.8. The van der Waals surface area contributed by atoms with Gasteiger partial charge in [-0.05, 0) is 28.1 Å². The van der Waals surface area contributed by atoms with Crippen LogP contribution in [0.15, 0.2) is 41.1 Å². The molecule has 1 amide bonds. The van der Waals surface area contributed by atoms with Gasteiger partial charge in [0, 0.05) is 43.0 Å². The lowest BCUT2D eigenvalue weighted by atomic mass is 10.1. The fourth-order valence-electron chi connectivity index (χ4n) is 2.60. The van der Waals surface area contributed by atoms with Crippen molar-refractivity contribution in [3.8, 4) is 11.8 Å². The molecule has 2 aromatic rings. The van der Waals surface area contributed by atoms with Gasteiger partial charge in [0.1, 0.15) is 5.75 Å². The molecule has 25 heavy (non-hydrogen) atoms. The molecule has 1 aromatic carbocycles. The molecular formula is C15H13BrFN3O4S. The number of ether oxygens (including phenoxy) is 1. The number of anilines is 1. The summed E-state index contributed by atoms with van der Waals surface area (Å²) in [5.41, 5.74) is 0.540. The van der Waals surface area contributed by atoms with E-state index in [-0.39, 0.29) is 24.9 Å². The summed E-state index contributed by atoms with van der Waals surface area (Å²) >= 11 is 3.23. The third-order valence-corrected chi connectivity index (χ3v) is 4.85. The number of benzene rings is 1. The molecular weight excluding hydrogens is 417 g/mol. The van der Waals surface area contributed by atoms with E-state index in [0.29, 0.717) is 15.9 Å². The van der Waals surface area contributed by atoms with E-state index < -0.39 is 21.9 Å². The first kappa shape index (κ1) is 17.7. The largest absolute Gasteiger partial charge is 0.424 e. The van der Waals surface area contributed by atoms with Crippen molar-refractivity contribution in [2.24, 2.45) is 5.92 Å². The Kier molecular flexibility index (Phi) is 5.00. The lowest BCUT2D eigenvalue weighted by Crippen LogP contribution is -2.25. The maximum Gasteiger partial charge on any atom is 0.321 e. The van der Waals surface area contributed by atoms with Gasteiger partial charge in [0.15, 0.2) is 0 Å². The van der Waals surface area contributed by atoms with Gasteiger partial charge >= 0.3 is 16.2 Å². The lowest BCUT2D eigenvalue weighted by molar-refractivity contribution is -0.117. The number of aromatic nitrogens is 2.